The van der Waals surface area contributed by atoms with Gasteiger partial charge in [-0.25, -0.2) is 9.78 Å². The number of hydrogen-bond acceptors (Lipinski definition) is 6. The molecule has 8 nitrogen and oxygen atoms in total. The molecule has 0 bridgehead atoms. The molecule has 0 aliphatic rings. The van der Waals surface area contributed by atoms with Gasteiger partial charge in [-0.15, -0.1) is 0 Å². The summed E-state index contributed by atoms with van der Waals surface area (Å²) in [4.78, 5) is 30.9. The van der Waals surface area contributed by atoms with Gasteiger partial charge in [0.15, 0.2) is 6.10 Å². The summed E-state index contributed by atoms with van der Waals surface area (Å²) in [6.45, 7) is 4.77. The van der Waals surface area contributed by atoms with Gasteiger partial charge in [-0.05, 0) is 31.4 Å². The molecule has 0 fully saturated rings. The van der Waals surface area contributed by atoms with Gasteiger partial charge in [0.25, 0.3) is 5.91 Å². The summed E-state index contributed by atoms with van der Waals surface area (Å²) in [5.74, 6) is 6.30. The van der Waals surface area contributed by atoms with Crippen molar-refractivity contribution in [1.29, 1.82) is 0 Å². The molecular weight excluding hydrogens is 358 g/mol. The Hall–Kier alpha value is -2.53. The highest BCUT2D eigenvalue weighted by Gasteiger charge is 2.15. The van der Waals surface area contributed by atoms with E-state index in [-0.39, 0.29) is 11.2 Å². The highest BCUT2D eigenvalue weighted by Crippen LogP contribution is 2.13. The van der Waals surface area contributed by atoms with E-state index in [1.54, 1.807) is 6.20 Å². The zero-order valence-electron chi connectivity index (χ0n) is 15.2. The van der Waals surface area contributed by atoms with E-state index >= 15 is 0 Å². The average molecular weight is 382 g/mol. The maximum Gasteiger partial charge on any atom is 0.407 e. The van der Waals surface area contributed by atoms with Gasteiger partial charge in [0.1, 0.15) is 5.82 Å². The van der Waals surface area contributed by atoms with E-state index in [0.29, 0.717) is 30.8 Å². The zero-order chi connectivity index (χ0) is 19.4. The van der Waals surface area contributed by atoms with Crippen LogP contribution in [0.15, 0.2) is 6.20 Å². The van der Waals surface area contributed by atoms with E-state index in [2.05, 4.69) is 44.7 Å². The van der Waals surface area contributed by atoms with Crippen LogP contribution < -0.4 is 16.0 Å². The number of unbranched alkanes of at least 4 members (excludes halogenated alkanes) is 1. The highest BCUT2D eigenvalue weighted by atomic mass is 35.5. The fourth-order valence-corrected chi connectivity index (χ4v) is 1.93. The summed E-state index contributed by atoms with van der Waals surface area (Å²) in [5, 5.41) is 8.31. The first-order valence-electron chi connectivity index (χ1n) is 8.39. The molecule has 1 unspecified atom stereocenters. The Labute approximate surface area is 158 Å². The lowest BCUT2D eigenvalue weighted by molar-refractivity contribution is -0.128. The fourth-order valence-electron chi connectivity index (χ4n) is 1.79. The minimum Gasteiger partial charge on any atom is -0.436 e. The van der Waals surface area contributed by atoms with Gasteiger partial charge < -0.3 is 20.7 Å². The highest BCUT2D eigenvalue weighted by molar-refractivity contribution is 6.28. The molecule has 26 heavy (non-hydrogen) atoms. The molecule has 0 aliphatic carbocycles. The molecule has 1 aromatic heterocycles. The van der Waals surface area contributed by atoms with Crippen LogP contribution in [0.1, 0.15) is 38.7 Å². The van der Waals surface area contributed by atoms with Crippen molar-refractivity contribution in [1.82, 2.24) is 20.6 Å². The molecule has 0 saturated carbocycles. The Morgan fingerprint density at radius 2 is 2.15 bits per heavy atom. The minimum atomic E-state index is -0.848. The summed E-state index contributed by atoms with van der Waals surface area (Å²) >= 11 is 5.81. The van der Waals surface area contributed by atoms with E-state index in [4.69, 9.17) is 16.3 Å². The summed E-state index contributed by atoms with van der Waals surface area (Å²) in [5.41, 5.74) is 0.680. The first-order chi connectivity index (χ1) is 12.5. The standard InChI is InChI=1S/C17H24ClN5O3/c1-4-9-20-14-13(11-22-16(18)23-14)8-6-5-7-10-21-15(24)12(2)26-17(25)19-3/h11-12H,4-5,7,9-10H2,1-3H3,(H,19,25)(H,21,24)(H,20,22,23). The van der Waals surface area contributed by atoms with Gasteiger partial charge in [0.05, 0.1) is 5.56 Å². The van der Waals surface area contributed by atoms with E-state index < -0.39 is 12.2 Å². The summed E-state index contributed by atoms with van der Waals surface area (Å²) in [6.07, 6.45) is 2.30. The molecule has 0 radical (unpaired) electrons. The van der Waals surface area contributed by atoms with Crippen LogP contribution in [0.25, 0.3) is 0 Å². The molecule has 1 rings (SSSR count). The number of halogens is 1. The van der Waals surface area contributed by atoms with Gasteiger partial charge in [0.2, 0.25) is 5.28 Å². The molecule has 0 aromatic carbocycles. The van der Waals surface area contributed by atoms with Crippen molar-refractivity contribution in [3.63, 3.8) is 0 Å². The predicted octanol–water partition coefficient (Wildman–Crippen LogP) is 1.94. The Bertz CT molecular complexity index is 672. The van der Waals surface area contributed by atoms with Gasteiger partial charge in [-0.3, -0.25) is 4.79 Å². The zero-order valence-corrected chi connectivity index (χ0v) is 15.9. The van der Waals surface area contributed by atoms with Gasteiger partial charge in [-0.2, -0.15) is 4.98 Å². The number of alkyl carbamates (subject to hydrolysis) is 1. The monoisotopic (exact) mass is 381 g/mol. The van der Waals surface area contributed by atoms with Crippen molar-refractivity contribution in [2.75, 3.05) is 25.5 Å². The second-order valence-electron chi connectivity index (χ2n) is 5.32. The number of nitrogens with one attached hydrogen (secondary N) is 3. The lowest BCUT2D eigenvalue weighted by Gasteiger charge is -2.12. The maximum atomic E-state index is 11.7. The molecule has 142 valence electrons. The number of aromatic nitrogens is 2. The molecule has 3 N–H and O–H groups in total. The van der Waals surface area contributed by atoms with Crippen LogP contribution in [-0.4, -0.2) is 48.2 Å². The Kier molecular flexibility index (Phi) is 9.87. The van der Waals surface area contributed by atoms with Crippen molar-refractivity contribution in [3.05, 3.63) is 17.0 Å². The van der Waals surface area contributed by atoms with Crippen LogP contribution in [0.5, 0.6) is 0 Å². The van der Waals surface area contributed by atoms with Crippen molar-refractivity contribution < 1.29 is 14.3 Å². The molecule has 0 saturated heterocycles. The SMILES string of the molecule is CCCNc1nc(Cl)ncc1C#CCCCNC(=O)C(C)OC(=O)NC. The lowest BCUT2D eigenvalue weighted by Crippen LogP contribution is -2.38. The molecule has 0 aliphatic heterocycles. The van der Waals surface area contributed by atoms with Gasteiger partial charge in [-0.1, -0.05) is 18.8 Å². The molecule has 1 aromatic rings. The number of amides is 2. The fraction of sp³-hybridized carbons (Fsp3) is 0.529. The van der Waals surface area contributed by atoms with Crippen LogP contribution in [0.2, 0.25) is 5.28 Å². The molecule has 1 heterocycles. The van der Waals surface area contributed by atoms with E-state index in [1.807, 2.05) is 0 Å². The van der Waals surface area contributed by atoms with Gasteiger partial charge in [0, 0.05) is 32.8 Å². The molecule has 0 spiro atoms. The summed E-state index contributed by atoms with van der Waals surface area (Å²) in [7, 11) is 1.43. The third kappa shape index (κ3) is 8.03. The number of carbonyl (C=O) groups excluding carboxylic acids is 2. The van der Waals surface area contributed by atoms with Crippen molar-refractivity contribution in [3.8, 4) is 11.8 Å². The normalized spacial score (nSPS) is 10.9. The third-order valence-electron chi connectivity index (χ3n) is 3.16. The first kappa shape index (κ1) is 21.5. The number of ether oxygens (including phenoxy) is 1. The molecule has 9 heteroatoms. The number of rotatable bonds is 8. The van der Waals surface area contributed by atoms with Crippen LogP contribution in [0, 0.1) is 11.8 Å². The topological polar surface area (TPSA) is 105 Å². The number of hydrogen-bond donors (Lipinski definition) is 3. The van der Waals surface area contributed by atoms with Gasteiger partial charge >= 0.3 is 6.09 Å². The minimum absolute atomic E-state index is 0.171. The smallest absolute Gasteiger partial charge is 0.407 e. The van der Waals surface area contributed by atoms with E-state index in [0.717, 1.165) is 13.0 Å². The summed E-state index contributed by atoms with van der Waals surface area (Å²) in [6, 6.07) is 0. The van der Waals surface area contributed by atoms with Crippen molar-refractivity contribution in [2.24, 2.45) is 0 Å². The number of carbonyl (C=O) groups is 2. The average Bonchev–Trinajstić information content (AvgIpc) is 2.63. The van der Waals surface area contributed by atoms with Crippen LogP contribution in [0.3, 0.4) is 0 Å². The van der Waals surface area contributed by atoms with Crippen molar-refractivity contribution in [2.45, 2.75) is 39.2 Å². The third-order valence-corrected chi connectivity index (χ3v) is 3.34. The molecule has 2 amide bonds. The molecule has 1 atom stereocenters. The largest absolute Gasteiger partial charge is 0.436 e. The van der Waals surface area contributed by atoms with E-state index in [1.165, 1.54) is 14.0 Å². The van der Waals surface area contributed by atoms with E-state index in [9.17, 15) is 9.59 Å². The maximum absolute atomic E-state index is 11.7. The first-order valence-corrected chi connectivity index (χ1v) is 8.77. The Morgan fingerprint density at radius 3 is 2.85 bits per heavy atom. The second kappa shape index (κ2) is 11.9. The second-order valence-corrected chi connectivity index (χ2v) is 5.66. The predicted molar refractivity (Wildman–Crippen MR) is 99.9 cm³/mol. The summed E-state index contributed by atoms with van der Waals surface area (Å²) < 4.78 is 4.83. The molecular formula is C17H24ClN5O3. The Balaban J connectivity index is 2.41. The van der Waals surface area contributed by atoms with Crippen LogP contribution in [0.4, 0.5) is 10.6 Å². The Morgan fingerprint density at radius 1 is 1.38 bits per heavy atom. The quantitative estimate of drug-likeness (QED) is 0.361. The number of nitrogens with zero attached hydrogens (tertiary/aromatic N) is 2. The van der Waals surface area contributed by atoms with Crippen LogP contribution in [-0.2, 0) is 9.53 Å². The number of anilines is 1. The van der Waals surface area contributed by atoms with Crippen molar-refractivity contribution >= 4 is 29.4 Å². The lowest BCUT2D eigenvalue weighted by atomic mass is 10.2. The van der Waals surface area contributed by atoms with Crippen LogP contribution >= 0.6 is 11.6 Å².